The van der Waals surface area contributed by atoms with Crippen molar-refractivity contribution in [1.82, 2.24) is 29.6 Å². The Bertz CT molecular complexity index is 1420. The third-order valence-corrected chi connectivity index (χ3v) is 5.48. The molecule has 0 aliphatic heterocycles. The number of alkyl halides is 3. The number of anilines is 4. The Morgan fingerprint density at radius 1 is 1.03 bits per heavy atom. The van der Waals surface area contributed by atoms with Crippen molar-refractivity contribution in [2.24, 2.45) is 0 Å². The third-order valence-electron chi connectivity index (χ3n) is 5.48. The van der Waals surface area contributed by atoms with E-state index in [1.54, 1.807) is 24.3 Å². The molecule has 0 atom stereocenters. The van der Waals surface area contributed by atoms with Crippen molar-refractivity contribution in [2.75, 3.05) is 43.1 Å². The van der Waals surface area contributed by atoms with Crippen molar-refractivity contribution in [3.63, 3.8) is 0 Å². The van der Waals surface area contributed by atoms with E-state index in [-0.39, 0.29) is 5.56 Å². The van der Waals surface area contributed by atoms with E-state index in [4.69, 9.17) is 0 Å². The van der Waals surface area contributed by atoms with Gasteiger partial charge in [-0.3, -0.25) is 4.79 Å². The molecule has 198 valence electrons. The molecule has 0 saturated carbocycles. The Labute approximate surface area is 216 Å². The Morgan fingerprint density at radius 2 is 1.84 bits per heavy atom. The summed E-state index contributed by atoms with van der Waals surface area (Å²) in [5.41, 5.74) is 0.843. The number of amides is 1. The maximum atomic E-state index is 13.0. The minimum atomic E-state index is -4.54. The first-order valence-electron chi connectivity index (χ1n) is 11.6. The molecule has 1 amide bonds. The second-order valence-electron chi connectivity index (χ2n) is 8.67. The van der Waals surface area contributed by atoms with Crippen molar-refractivity contribution in [3.8, 4) is 5.82 Å². The van der Waals surface area contributed by atoms with Crippen LogP contribution in [-0.2, 0) is 6.18 Å². The molecule has 4 rings (SSSR count). The molecular weight excluding hydrogens is 499 g/mol. The van der Waals surface area contributed by atoms with Crippen LogP contribution in [0.5, 0.6) is 0 Å². The fourth-order valence-electron chi connectivity index (χ4n) is 3.46. The number of halogens is 3. The summed E-state index contributed by atoms with van der Waals surface area (Å²) in [4.78, 5) is 27.5. The van der Waals surface area contributed by atoms with Gasteiger partial charge in [0.25, 0.3) is 5.91 Å². The monoisotopic (exact) mass is 525 g/mol. The fraction of sp³-hybridized carbons (Fsp3) is 0.240. The van der Waals surface area contributed by atoms with Gasteiger partial charge in [-0.1, -0.05) is 12.1 Å². The first-order chi connectivity index (χ1) is 18.1. The lowest BCUT2D eigenvalue weighted by molar-refractivity contribution is -0.137. The molecule has 2 aromatic heterocycles. The smallest absolute Gasteiger partial charge is 0.369 e. The van der Waals surface area contributed by atoms with E-state index in [1.165, 1.54) is 29.5 Å². The van der Waals surface area contributed by atoms with Crippen LogP contribution in [0.4, 0.5) is 36.3 Å². The van der Waals surface area contributed by atoms with Crippen LogP contribution >= 0.6 is 0 Å². The number of nitrogens with zero attached hydrogens (tertiary/aromatic N) is 6. The lowest BCUT2D eigenvalue weighted by Gasteiger charge is -2.14. The quantitative estimate of drug-likeness (QED) is 0.296. The van der Waals surface area contributed by atoms with Crippen LogP contribution < -0.4 is 16.0 Å². The predicted octanol–water partition coefficient (Wildman–Crippen LogP) is 4.35. The molecule has 0 radical (unpaired) electrons. The number of likely N-dealkylation sites (N-methyl/N-ethyl adjacent to an activating group) is 1. The highest BCUT2D eigenvalue weighted by molar-refractivity contribution is 6.04. The Balaban J connectivity index is 1.51. The van der Waals surface area contributed by atoms with Crippen molar-refractivity contribution in [3.05, 3.63) is 77.9 Å². The number of hydrogen-bond acceptors (Lipinski definition) is 8. The molecular formula is C25H26F3N9O. The standard InChI is InChI=1S/C25H26F3N9O/c1-16-7-8-19(34-23(38)17-5-4-6-18(11-17)25(26,27)28)12-20(16)35-24-32-15-33-37(24)22-13-21(30-14-31-22)29-9-10-36(2)3/h4-8,11-15H,9-10H2,1-3H3,(H,34,38)(H,29,30,31)(H,32,33,35). The lowest BCUT2D eigenvalue weighted by Crippen LogP contribution is -2.21. The summed E-state index contributed by atoms with van der Waals surface area (Å²) in [6.07, 6.45) is -1.74. The fourth-order valence-corrected chi connectivity index (χ4v) is 3.46. The number of benzene rings is 2. The van der Waals surface area contributed by atoms with E-state index in [0.29, 0.717) is 35.5 Å². The zero-order valence-electron chi connectivity index (χ0n) is 20.9. The van der Waals surface area contributed by atoms with Gasteiger partial charge in [0.05, 0.1) is 5.56 Å². The molecule has 0 fully saturated rings. The molecule has 0 unspecified atom stereocenters. The lowest BCUT2D eigenvalue weighted by atomic mass is 10.1. The zero-order chi connectivity index (χ0) is 27.3. The second kappa shape index (κ2) is 11.3. The molecule has 2 aromatic carbocycles. The summed E-state index contributed by atoms with van der Waals surface area (Å²) in [5, 5.41) is 13.3. The SMILES string of the molecule is Cc1ccc(NC(=O)c2cccc(C(F)(F)F)c2)cc1Nc1ncnn1-c1cc(NCCN(C)C)ncn1. The van der Waals surface area contributed by atoms with Gasteiger partial charge in [-0.2, -0.15) is 27.9 Å². The van der Waals surface area contributed by atoms with Gasteiger partial charge in [-0.05, 0) is 56.9 Å². The van der Waals surface area contributed by atoms with Gasteiger partial charge in [0, 0.05) is 36.1 Å². The number of rotatable bonds is 9. The van der Waals surface area contributed by atoms with E-state index >= 15 is 0 Å². The molecule has 10 nitrogen and oxygen atoms in total. The van der Waals surface area contributed by atoms with E-state index in [1.807, 2.05) is 25.9 Å². The first-order valence-corrected chi connectivity index (χ1v) is 11.6. The average Bonchev–Trinajstić information content (AvgIpc) is 3.34. The highest BCUT2D eigenvalue weighted by Crippen LogP contribution is 2.30. The van der Waals surface area contributed by atoms with Gasteiger partial charge in [0.15, 0.2) is 5.82 Å². The van der Waals surface area contributed by atoms with Crippen LogP contribution in [-0.4, -0.2) is 62.7 Å². The van der Waals surface area contributed by atoms with E-state index in [0.717, 1.165) is 24.2 Å². The minimum Gasteiger partial charge on any atom is -0.369 e. The van der Waals surface area contributed by atoms with Crippen molar-refractivity contribution < 1.29 is 18.0 Å². The molecule has 0 aliphatic rings. The normalized spacial score (nSPS) is 11.4. The van der Waals surface area contributed by atoms with Crippen LogP contribution in [0.2, 0.25) is 0 Å². The van der Waals surface area contributed by atoms with Crippen LogP contribution in [0.3, 0.4) is 0 Å². The largest absolute Gasteiger partial charge is 0.416 e. The summed E-state index contributed by atoms with van der Waals surface area (Å²) < 4.78 is 40.6. The predicted molar refractivity (Wildman–Crippen MR) is 138 cm³/mol. The number of carbonyl (C=O) groups is 1. The maximum Gasteiger partial charge on any atom is 0.416 e. The molecule has 0 saturated heterocycles. The Morgan fingerprint density at radius 3 is 2.61 bits per heavy atom. The molecule has 2 heterocycles. The number of aryl methyl sites for hydroxylation is 1. The molecule has 13 heteroatoms. The number of aromatic nitrogens is 5. The molecule has 0 spiro atoms. The number of nitrogens with one attached hydrogen (secondary N) is 3. The number of hydrogen-bond donors (Lipinski definition) is 3. The summed E-state index contributed by atoms with van der Waals surface area (Å²) in [6, 6.07) is 11.1. The van der Waals surface area contributed by atoms with Gasteiger partial charge in [-0.25, -0.2) is 9.97 Å². The topological polar surface area (TPSA) is 113 Å². The zero-order valence-corrected chi connectivity index (χ0v) is 20.9. The van der Waals surface area contributed by atoms with Gasteiger partial charge < -0.3 is 20.9 Å². The summed E-state index contributed by atoms with van der Waals surface area (Å²) >= 11 is 0. The van der Waals surface area contributed by atoms with Crippen LogP contribution in [0.25, 0.3) is 5.82 Å². The van der Waals surface area contributed by atoms with Gasteiger partial charge in [0.1, 0.15) is 18.5 Å². The highest BCUT2D eigenvalue weighted by atomic mass is 19.4. The van der Waals surface area contributed by atoms with E-state index in [9.17, 15) is 18.0 Å². The van der Waals surface area contributed by atoms with E-state index < -0.39 is 17.6 Å². The van der Waals surface area contributed by atoms with Crippen LogP contribution in [0, 0.1) is 6.92 Å². The first kappa shape index (κ1) is 26.5. The molecule has 3 N–H and O–H groups in total. The molecule has 0 aliphatic carbocycles. The van der Waals surface area contributed by atoms with E-state index in [2.05, 4.69) is 36.0 Å². The summed E-state index contributed by atoms with van der Waals surface area (Å²) in [7, 11) is 3.96. The Kier molecular flexibility index (Phi) is 7.86. The van der Waals surface area contributed by atoms with Crippen molar-refractivity contribution in [1.29, 1.82) is 0 Å². The van der Waals surface area contributed by atoms with Gasteiger partial charge >= 0.3 is 6.18 Å². The Hall–Kier alpha value is -4.52. The van der Waals surface area contributed by atoms with Crippen LogP contribution in [0.15, 0.2) is 61.2 Å². The third kappa shape index (κ3) is 6.62. The van der Waals surface area contributed by atoms with Crippen LogP contribution in [0.1, 0.15) is 21.5 Å². The van der Waals surface area contributed by atoms with Gasteiger partial charge in [-0.15, -0.1) is 0 Å². The number of carbonyl (C=O) groups excluding carboxylic acids is 1. The van der Waals surface area contributed by atoms with Gasteiger partial charge in [0.2, 0.25) is 5.95 Å². The summed E-state index contributed by atoms with van der Waals surface area (Å²) in [5.74, 6) is 0.824. The summed E-state index contributed by atoms with van der Waals surface area (Å²) in [6.45, 7) is 3.39. The molecule has 38 heavy (non-hydrogen) atoms. The second-order valence-corrected chi connectivity index (χ2v) is 8.67. The van der Waals surface area contributed by atoms with Crippen molar-refractivity contribution >= 4 is 29.0 Å². The average molecular weight is 526 g/mol. The van der Waals surface area contributed by atoms with Crippen molar-refractivity contribution in [2.45, 2.75) is 13.1 Å². The minimum absolute atomic E-state index is 0.103. The molecule has 4 aromatic rings. The molecule has 0 bridgehead atoms. The maximum absolute atomic E-state index is 13.0. The highest BCUT2D eigenvalue weighted by Gasteiger charge is 2.30.